The molecule has 0 aromatic carbocycles. The van der Waals surface area contributed by atoms with Crippen molar-refractivity contribution in [1.29, 1.82) is 0 Å². The quantitative estimate of drug-likeness (QED) is 0.568. The van der Waals surface area contributed by atoms with E-state index in [-0.39, 0.29) is 31.2 Å². The summed E-state index contributed by atoms with van der Waals surface area (Å²) in [5.74, 6) is 0. The van der Waals surface area contributed by atoms with Gasteiger partial charge in [-0.05, 0) is 6.92 Å². The van der Waals surface area contributed by atoms with E-state index in [0.29, 0.717) is 0 Å². The molecule has 10 heavy (non-hydrogen) atoms. The van der Waals surface area contributed by atoms with Crippen LogP contribution in [0, 0.1) is 0 Å². The lowest BCUT2D eigenvalue weighted by molar-refractivity contribution is -0.0518. The molecule has 1 heterocycles. The molecule has 0 radical (unpaired) electrons. The molecule has 0 amide bonds. The molecule has 0 bridgehead atoms. The SMILES string of the molecule is C[C@@H]1CNC[C@@H](CO)O1.Cl. The van der Waals surface area contributed by atoms with E-state index < -0.39 is 0 Å². The number of rotatable bonds is 1. The maximum Gasteiger partial charge on any atom is 0.0933 e. The van der Waals surface area contributed by atoms with E-state index in [0.717, 1.165) is 13.1 Å². The predicted octanol–water partition coefficient (Wildman–Crippen LogP) is -0.223. The molecule has 4 heteroatoms. The van der Waals surface area contributed by atoms with Crippen molar-refractivity contribution in [3.8, 4) is 0 Å². The molecule has 0 saturated carbocycles. The van der Waals surface area contributed by atoms with Crippen molar-refractivity contribution in [2.75, 3.05) is 19.7 Å². The van der Waals surface area contributed by atoms with Gasteiger partial charge in [0.2, 0.25) is 0 Å². The van der Waals surface area contributed by atoms with Gasteiger partial charge in [-0.3, -0.25) is 0 Å². The first-order valence-corrected chi connectivity index (χ1v) is 3.30. The molecule has 3 nitrogen and oxygen atoms in total. The molecule has 2 atom stereocenters. The fraction of sp³-hybridized carbons (Fsp3) is 1.00. The molecule has 0 unspecified atom stereocenters. The number of hydrogen-bond acceptors (Lipinski definition) is 3. The molecule has 1 aliphatic rings. The van der Waals surface area contributed by atoms with Crippen LogP contribution >= 0.6 is 12.4 Å². The van der Waals surface area contributed by atoms with Crippen molar-refractivity contribution in [2.45, 2.75) is 19.1 Å². The number of halogens is 1. The van der Waals surface area contributed by atoms with E-state index >= 15 is 0 Å². The fourth-order valence-corrected chi connectivity index (χ4v) is 0.980. The topological polar surface area (TPSA) is 41.5 Å². The average Bonchev–Trinajstić information content (AvgIpc) is 1.88. The standard InChI is InChI=1S/C6H13NO2.ClH/c1-5-2-7-3-6(4-8)9-5;/h5-8H,2-4H2,1H3;1H/t5-,6+;/m1./s1. The Bertz CT molecular complexity index is 91.8. The van der Waals surface area contributed by atoms with Crippen LogP contribution in [0.1, 0.15) is 6.92 Å². The predicted molar refractivity (Wildman–Crippen MR) is 41.5 cm³/mol. The highest BCUT2D eigenvalue weighted by molar-refractivity contribution is 5.85. The van der Waals surface area contributed by atoms with E-state index in [1.165, 1.54) is 0 Å². The van der Waals surface area contributed by atoms with Gasteiger partial charge in [-0.15, -0.1) is 12.4 Å². The fourth-order valence-electron chi connectivity index (χ4n) is 0.980. The molecular weight excluding hydrogens is 154 g/mol. The molecule has 1 fully saturated rings. The summed E-state index contributed by atoms with van der Waals surface area (Å²) in [6, 6.07) is 0. The monoisotopic (exact) mass is 167 g/mol. The van der Waals surface area contributed by atoms with Gasteiger partial charge in [0.1, 0.15) is 0 Å². The summed E-state index contributed by atoms with van der Waals surface area (Å²) < 4.78 is 5.32. The minimum atomic E-state index is 0. The highest BCUT2D eigenvalue weighted by Crippen LogP contribution is 2.00. The van der Waals surface area contributed by atoms with Crippen molar-refractivity contribution in [2.24, 2.45) is 0 Å². The smallest absolute Gasteiger partial charge is 0.0933 e. The Kier molecular flexibility index (Phi) is 4.99. The van der Waals surface area contributed by atoms with Gasteiger partial charge in [0.05, 0.1) is 18.8 Å². The second kappa shape index (κ2) is 4.91. The largest absolute Gasteiger partial charge is 0.394 e. The van der Waals surface area contributed by atoms with Crippen molar-refractivity contribution < 1.29 is 9.84 Å². The number of aliphatic hydroxyl groups excluding tert-OH is 1. The zero-order chi connectivity index (χ0) is 6.69. The molecule has 0 spiro atoms. The first-order valence-electron chi connectivity index (χ1n) is 3.30. The maximum absolute atomic E-state index is 8.64. The van der Waals surface area contributed by atoms with Crippen LogP contribution in [0.4, 0.5) is 0 Å². The summed E-state index contributed by atoms with van der Waals surface area (Å²) in [5.41, 5.74) is 0. The van der Waals surface area contributed by atoms with Gasteiger partial charge in [0.25, 0.3) is 0 Å². The zero-order valence-corrected chi connectivity index (χ0v) is 6.86. The summed E-state index contributed by atoms with van der Waals surface area (Å²) in [6.07, 6.45) is 0.254. The number of nitrogens with one attached hydrogen (secondary N) is 1. The normalized spacial score (nSPS) is 33.0. The lowest BCUT2D eigenvalue weighted by Gasteiger charge is -2.27. The third-order valence-corrected chi connectivity index (χ3v) is 1.43. The third kappa shape index (κ3) is 2.84. The van der Waals surface area contributed by atoms with Crippen LogP contribution in [-0.4, -0.2) is 37.0 Å². The Hall–Kier alpha value is 0.170. The lowest BCUT2D eigenvalue weighted by Crippen LogP contribution is -2.44. The average molecular weight is 168 g/mol. The van der Waals surface area contributed by atoms with Gasteiger partial charge in [0, 0.05) is 13.1 Å². The van der Waals surface area contributed by atoms with Gasteiger partial charge < -0.3 is 15.2 Å². The maximum atomic E-state index is 8.64. The molecule has 62 valence electrons. The Morgan fingerprint density at radius 2 is 2.30 bits per heavy atom. The zero-order valence-electron chi connectivity index (χ0n) is 6.04. The van der Waals surface area contributed by atoms with E-state index in [2.05, 4.69) is 5.32 Å². The molecule has 0 aromatic rings. The summed E-state index contributed by atoms with van der Waals surface area (Å²) in [6.45, 7) is 3.80. The summed E-state index contributed by atoms with van der Waals surface area (Å²) >= 11 is 0. The Labute approximate surface area is 67.2 Å². The Morgan fingerprint density at radius 3 is 2.70 bits per heavy atom. The van der Waals surface area contributed by atoms with Gasteiger partial charge in [0.15, 0.2) is 0 Å². The first-order chi connectivity index (χ1) is 4.33. The van der Waals surface area contributed by atoms with Crippen molar-refractivity contribution in [3.63, 3.8) is 0 Å². The lowest BCUT2D eigenvalue weighted by atomic mass is 10.3. The van der Waals surface area contributed by atoms with Gasteiger partial charge in [-0.25, -0.2) is 0 Å². The van der Waals surface area contributed by atoms with Gasteiger partial charge in [-0.1, -0.05) is 0 Å². The molecular formula is C6H14ClNO2. The van der Waals surface area contributed by atoms with Crippen LogP contribution in [0.25, 0.3) is 0 Å². The van der Waals surface area contributed by atoms with Crippen LogP contribution in [0.5, 0.6) is 0 Å². The molecule has 0 aliphatic carbocycles. The summed E-state index contributed by atoms with van der Waals surface area (Å²) in [7, 11) is 0. The Morgan fingerprint density at radius 1 is 1.60 bits per heavy atom. The number of hydrogen-bond donors (Lipinski definition) is 2. The second-order valence-electron chi connectivity index (χ2n) is 2.41. The van der Waals surface area contributed by atoms with Gasteiger partial charge >= 0.3 is 0 Å². The van der Waals surface area contributed by atoms with Crippen molar-refractivity contribution >= 4 is 12.4 Å². The minimum Gasteiger partial charge on any atom is -0.394 e. The van der Waals surface area contributed by atoms with Crippen LogP contribution in [-0.2, 0) is 4.74 Å². The summed E-state index contributed by atoms with van der Waals surface area (Å²) in [5, 5.41) is 11.8. The molecule has 1 rings (SSSR count). The van der Waals surface area contributed by atoms with E-state index in [1.54, 1.807) is 0 Å². The van der Waals surface area contributed by atoms with Crippen LogP contribution in [0.3, 0.4) is 0 Å². The summed E-state index contributed by atoms with van der Waals surface area (Å²) in [4.78, 5) is 0. The van der Waals surface area contributed by atoms with Crippen molar-refractivity contribution in [3.05, 3.63) is 0 Å². The third-order valence-electron chi connectivity index (χ3n) is 1.43. The van der Waals surface area contributed by atoms with Crippen LogP contribution in [0.15, 0.2) is 0 Å². The van der Waals surface area contributed by atoms with Gasteiger partial charge in [-0.2, -0.15) is 0 Å². The minimum absolute atomic E-state index is 0. The number of aliphatic hydroxyl groups is 1. The van der Waals surface area contributed by atoms with Crippen LogP contribution in [0.2, 0.25) is 0 Å². The van der Waals surface area contributed by atoms with E-state index in [4.69, 9.17) is 9.84 Å². The number of morpholine rings is 1. The molecule has 1 saturated heterocycles. The second-order valence-corrected chi connectivity index (χ2v) is 2.41. The molecule has 2 N–H and O–H groups in total. The number of ether oxygens (including phenoxy) is 1. The highest BCUT2D eigenvalue weighted by atomic mass is 35.5. The van der Waals surface area contributed by atoms with Crippen molar-refractivity contribution in [1.82, 2.24) is 5.32 Å². The van der Waals surface area contributed by atoms with E-state index in [1.807, 2.05) is 6.92 Å². The molecule has 1 aliphatic heterocycles. The van der Waals surface area contributed by atoms with Crippen LogP contribution < -0.4 is 5.32 Å². The molecule has 0 aromatic heterocycles. The highest BCUT2D eigenvalue weighted by Gasteiger charge is 2.16. The van der Waals surface area contributed by atoms with E-state index in [9.17, 15) is 0 Å². The Balaban J connectivity index is 0.000000810. The first kappa shape index (κ1) is 10.2.